The number of carbonyl (C=O) groups is 1. The molecule has 1 fully saturated rings. The Hall–Kier alpha value is -2.76. The molecule has 2 aromatic rings. The van der Waals surface area contributed by atoms with Gasteiger partial charge in [-0.2, -0.15) is 0 Å². The Morgan fingerprint density at radius 1 is 1.16 bits per heavy atom. The first-order valence-corrected chi connectivity index (χ1v) is 8.68. The number of nitrogens with one attached hydrogen (secondary N) is 1. The van der Waals surface area contributed by atoms with Crippen LogP contribution in [0.25, 0.3) is 0 Å². The highest BCUT2D eigenvalue weighted by Crippen LogP contribution is 2.33. The number of amides is 1. The van der Waals surface area contributed by atoms with Crippen LogP contribution >= 0.6 is 0 Å². The summed E-state index contributed by atoms with van der Waals surface area (Å²) in [6, 6.07) is 9.35. The van der Waals surface area contributed by atoms with Gasteiger partial charge in [0.25, 0.3) is 5.91 Å². The minimum atomic E-state index is -0.165. The summed E-state index contributed by atoms with van der Waals surface area (Å²) in [7, 11) is 0. The molecule has 6 nitrogen and oxygen atoms in total. The maximum absolute atomic E-state index is 12.6. The van der Waals surface area contributed by atoms with Gasteiger partial charge in [0.15, 0.2) is 11.5 Å². The van der Waals surface area contributed by atoms with Crippen LogP contribution in [0.4, 0.5) is 5.82 Å². The van der Waals surface area contributed by atoms with Crippen LogP contribution in [-0.2, 0) is 6.54 Å². The Balaban J connectivity index is 1.45. The Kier molecular flexibility index (Phi) is 4.41. The van der Waals surface area contributed by atoms with Crippen molar-refractivity contribution in [3.8, 4) is 11.5 Å². The number of hydrogen-bond acceptors (Lipinski definition) is 5. The molecule has 1 aromatic carbocycles. The Morgan fingerprint density at radius 3 is 2.88 bits per heavy atom. The molecule has 0 aliphatic carbocycles. The predicted molar refractivity (Wildman–Crippen MR) is 94.3 cm³/mol. The number of carbonyl (C=O) groups excluding carboxylic acids is 1. The number of fused-ring (bicyclic) bond motifs is 1. The van der Waals surface area contributed by atoms with Crippen LogP contribution in [0.3, 0.4) is 0 Å². The number of pyridine rings is 1. The van der Waals surface area contributed by atoms with Gasteiger partial charge in [0.05, 0.1) is 5.56 Å². The maximum atomic E-state index is 12.6. The van der Waals surface area contributed by atoms with Crippen molar-refractivity contribution in [2.24, 2.45) is 0 Å². The summed E-state index contributed by atoms with van der Waals surface area (Å²) in [6.07, 6.45) is 4.23. The summed E-state index contributed by atoms with van der Waals surface area (Å²) >= 11 is 0. The van der Waals surface area contributed by atoms with Crippen molar-refractivity contribution in [2.45, 2.75) is 19.4 Å². The lowest BCUT2D eigenvalue weighted by Crippen LogP contribution is -2.26. The van der Waals surface area contributed by atoms with Gasteiger partial charge in [0.1, 0.15) is 19.0 Å². The zero-order chi connectivity index (χ0) is 17.1. The molecule has 0 bridgehead atoms. The number of hydrogen-bond donors (Lipinski definition) is 1. The number of rotatable bonds is 4. The van der Waals surface area contributed by atoms with E-state index in [9.17, 15) is 4.79 Å². The van der Waals surface area contributed by atoms with Crippen molar-refractivity contribution in [1.82, 2.24) is 10.3 Å². The summed E-state index contributed by atoms with van der Waals surface area (Å²) < 4.78 is 11.1. The average molecular weight is 339 g/mol. The highest BCUT2D eigenvalue weighted by molar-refractivity contribution is 5.97. The number of benzene rings is 1. The summed E-state index contributed by atoms with van der Waals surface area (Å²) in [6.45, 7) is 3.52. The number of para-hydroxylation sites is 1. The molecule has 3 heterocycles. The number of nitrogens with zero attached hydrogens (tertiary/aromatic N) is 2. The molecule has 0 saturated carbocycles. The van der Waals surface area contributed by atoms with Crippen LogP contribution in [-0.4, -0.2) is 37.2 Å². The van der Waals surface area contributed by atoms with Crippen molar-refractivity contribution in [1.29, 1.82) is 0 Å². The largest absolute Gasteiger partial charge is 0.486 e. The molecule has 4 rings (SSSR count). The first-order valence-electron chi connectivity index (χ1n) is 8.68. The van der Waals surface area contributed by atoms with E-state index in [0.717, 1.165) is 24.5 Å². The van der Waals surface area contributed by atoms with Gasteiger partial charge in [-0.05, 0) is 42.7 Å². The van der Waals surface area contributed by atoms with Crippen LogP contribution in [0.15, 0.2) is 36.5 Å². The number of anilines is 1. The zero-order valence-electron chi connectivity index (χ0n) is 14.0. The smallest absolute Gasteiger partial charge is 0.255 e. The molecule has 0 atom stereocenters. The van der Waals surface area contributed by atoms with Crippen molar-refractivity contribution >= 4 is 11.7 Å². The molecule has 130 valence electrons. The lowest BCUT2D eigenvalue weighted by molar-refractivity contribution is 0.0939. The second-order valence-electron chi connectivity index (χ2n) is 6.23. The summed E-state index contributed by atoms with van der Waals surface area (Å²) in [5.74, 6) is 1.97. The predicted octanol–water partition coefficient (Wildman–Crippen LogP) is 2.38. The average Bonchev–Trinajstić information content (AvgIpc) is 3.21. The first-order chi connectivity index (χ1) is 12.3. The second kappa shape index (κ2) is 7.01. The van der Waals surface area contributed by atoms with E-state index in [1.165, 1.54) is 12.8 Å². The fourth-order valence-corrected chi connectivity index (χ4v) is 3.22. The maximum Gasteiger partial charge on any atom is 0.255 e. The Morgan fingerprint density at radius 2 is 2.00 bits per heavy atom. The molecular formula is C19H21N3O3. The molecule has 0 radical (unpaired) electrons. The molecule has 0 unspecified atom stereocenters. The summed E-state index contributed by atoms with van der Waals surface area (Å²) in [5.41, 5.74) is 1.54. The fourth-order valence-electron chi connectivity index (χ4n) is 3.22. The van der Waals surface area contributed by atoms with E-state index in [2.05, 4.69) is 15.2 Å². The highest BCUT2D eigenvalue weighted by Gasteiger charge is 2.20. The van der Waals surface area contributed by atoms with Crippen LogP contribution < -0.4 is 19.7 Å². The number of ether oxygens (including phenoxy) is 2. The molecule has 1 N–H and O–H groups in total. The van der Waals surface area contributed by atoms with Crippen LogP contribution in [0.2, 0.25) is 0 Å². The van der Waals surface area contributed by atoms with Gasteiger partial charge in [0.2, 0.25) is 0 Å². The Bertz CT molecular complexity index is 772. The highest BCUT2D eigenvalue weighted by atomic mass is 16.6. The SMILES string of the molecule is O=C(NCc1ccnc(N2CCCC2)c1)c1cccc2c1OCCO2. The van der Waals surface area contributed by atoms with Crippen LogP contribution in [0.1, 0.15) is 28.8 Å². The van der Waals surface area contributed by atoms with Crippen LogP contribution in [0, 0.1) is 0 Å². The van der Waals surface area contributed by atoms with Crippen molar-refractivity contribution < 1.29 is 14.3 Å². The van der Waals surface area contributed by atoms with Gasteiger partial charge in [0, 0.05) is 25.8 Å². The fraction of sp³-hybridized carbons (Fsp3) is 0.368. The van der Waals surface area contributed by atoms with E-state index in [1.54, 1.807) is 18.3 Å². The Labute approximate surface area is 146 Å². The normalized spacial score (nSPS) is 15.9. The van der Waals surface area contributed by atoms with E-state index in [4.69, 9.17) is 9.47 Å². The third kappa shape index (κ3) is 3.38. The zero-order valence-corrected chi connectivity index (χ0v) is 14.0. The van der Waals surface area contributed by atoms with Gasteiger partial charge in [-0.3, -0.25) is 4.79 Å². The van der Waals surface area contributed by atoms with E-state index < -0.39 is 0 Å². The molecule has 6 heteroatoms. The van der Waals surface area contributed by atoms with Gasteiger partial charge in [-0.1, -0.05) is 6.07 Å². The van der Waals surface area contributed by atoms with Gasteiger partial charge < -0.3 is 19.7 Å². The van der Waals surface area contributed by atoms with Gasteiger partial charge >= 0.3 is 0 Å². The molecule has 2 aliphatic rings. The topological polar surface area (TPSA) is 63.7 Å². The minimum absolute atomic E-state index is 0.165. The van der Waals surface area contributed by atoms with Gasteiger partial charge in [-0.25, -0.2) is 4.98 Å². The first kappa shape index (κ1) is 15.7. The molecule has 1 saturated heterocycles. The summed E-state index contributed by atoms with van der Waals surface area (Å²) in [5, 5.41) is 2.96. The van der Waals surface area contributed by atoms with Crippen LogP contribution in [0.5, 0.6) is 11.5 Å². The molecule has 0 spiro atoms. The minimum Gasteiger partial charge on any atom is -0.486 e. The third-order valence-corrected chi connectivity index (χ3v) is 4.50. The van der Waals surface area contributed by atoms with E-state index >= 15 is 0 Å². The molecule has 1 amide bonds. The van der Waals surface area contributed by atoms with Crippen molar-refractivity contribution in [3.63, 3.8) is 0 Å². The standard InChI is InChI=1S/C19H21N3O3/c23-19(15-4-3-5-16-18(15)25-11-10-24-16)21-13-14-6-7-20-17(12-14)22-8-1-2-9-22/h3-7,12H,1-2,8-11,13H2,(H,21,23). The monoisotopic (exact) mass is 339 g/mol. The lowest BCUT2D eigenvalue weighted by atomic mass is 10.1. The van der Waals surface area contributed by atoms with Gasteiger partial charge in [-0.15, -0.1) is 0 Å². The number of aromatic nitrogens is 1. The van der Waals surface area contributed by atoms with Crippen molar-refractivity contribution in [2.75, 3.05) is 31.2 Å². The quantitative estimate of drug-likeness (QED) is 0.927. The van der Waals surface area contributed by atoms with E-state index in [-0.39, 0.29) is 5.91 Å². The summed E-state index contributed by atoms with van der Waals surface area (Å²) in [4.78, 5) is 19.3. The van der Waals surface area contributed by atoms with E-state index in [1.807, 2.05) is 18.2 Å². The molecule has 1 aromatic heterocycles. The lowest BCUT2D eigenvalue weighted by Gasteiger charge is -2.20. The molecule has 25 heavy (non-hydrogen) atoms. The molecular weight excluding hydrogens is 318 g/mol. The van der Waals surface area contributed by atoms with Crippen molar-refractivity contribution in [3.05, 3.63) is 47.7 Å². The van der Waals surface area contributed by atoms with E-state index in [0.29, 0.717) is 36.8 Å². The third-order valence-electron chi connectivity index (χ3n) is 4.50. The second-order valence-corrected chi connectivity index (χ2v) is 6.23. The molecule has 2 aliphatic heterocycles.